The van der Waals surface area contributed by atoms with E-state index in [1.807, 2.05) is 11.8 Å². The molecule has 1 aliphatic heterocycles. The van der Waals surface area contributed by atoms with Crippen LogP contribution in [-0.4, -0.2) is 50.3 Å². The fourth-order valence-corrected chi connectivity index (χ4v) is 2.92. The molecule has 1 fully saturated rings. The Morgan fingerprint density at radius 2 is 1.96 bits per heavy atom. The zero-order chi connectivity index (χ0) is 18.9. The minimum atomic E-state index is -0.142. The first-order valence-electron chi connectivity index (χ1n) is 9.18. The number of benzene rings is 1. The van der Waals surface area contributed by atoms with Crippen molar-refractivity contribution in [2.75, 3.05) is 44.0 Å². The van der Waals surface area contributed by atoms with Crippen LogP contribution in [0.5, 0.6) is 5.75 Å². The van der Waals surface area contributed by atoms with Crippen molar-refractivity contribution in [3.8, 4) is 5.75 Å². The molecule has 1 heterocycles. The summed E-state index contributed by atoms with van der Waals surface area (Å²) in [5.41, 5.74) is 1.16. The maximum absolute atomic E-state index is 12.6. The predicted octanol–water partition coefficient (Wildman–Crippen LogP) is 3.32. The minimum Gasteiger partial charge on any atom is -0.495 e. The summed E-state index contributed by atoms with van der Waals surface area (Å²) >= 11 is 0. The molecule has 0 unspecified atom stereocenters. The first-order valence-corrected chi connectivity index (χ1v) is 9.18. The second-order valence-corrected chi connectivity index (χ2v) is 6.34. The van der Waals surface area contributed by atoms with Crippen LogP contribution in [0.25, 0.3) is 0 Å². The summed E-state index contributed by atoms with van der Waals surface area (Å²) in [5, 5.41) is 5.71. The molecule has 1 aromatic rings. The number of ether oxygens (including phenoxy) is 2. The van der Waals surface area contributed by atoms with E-state index >= 15 is 0 Å². The molecule has 1 aliphatic rings. The van der Waals surface area contributed by atoms with Crippen molar-refractivity contribution in [1.29, 1.82) is 0 Å². The molecule has 1 saturated heterocycles. The van der Waals surface area contributed by atoms with Crippen molar-refractivity contribution >= 4 is 23.3 Å². The monoisotopic (exact) mass is 363 g/mol. The number of nitrogens with zero attached hydrogens (tertiary/aromatic N) is 1. The Kier molecular flexibility index (Phi) is 7.72. The SMILES string of the molecule is CCC(=O)Nc1cc(NC(=O)N(CC)CC2CCOCC2)ccc1OC. The Morgan fingerprint density at radius 3 is 2.58 bits per heavy atom. The van der Waals surface area contributed by atoms with Crippen LogP contribution in [0.15, 0.2) is 18.2 Å². The number of carbonyl (C=O) groups excluding carboxylic acids is 2. The molecule has 7 nitrogen and oxygen atoms in total. The van der Waals surface area contributed by atoms with Gasteiger partial charge in [-0.2, -0.15) is 0 Å². The lowest BCUT2D eigenvalue weighted by Gasteiger charge is -2.29. The Morgan fingerprint density at radius 1 is 1.23 bits per heavy atom. The van der Waals surface area contributed by atoms with Crippen LogP contribution in [-0.2, 0) is 9.53 Å². The number of nitrogens with one attached hydrogen (secondary N) is 2. The van der Waals surface area contributed by atoms with Crippen molar-refractivity contribution in [1.82, 2.24) is 4.90 Å². The van der Waals surface area contributed by atoms with Gasteiger partial charge in [-0.25, -0.2) is 4.79 Å². The summed E-state index contributed by atoms with van der Waals surface area (Å²) in [7, 11) is 1.54. The van der Waals surface area contributed by atoms with Gasteiger partial charge in [0.1, 0.15) is 5.75 Å². The van der Waals surface area contributed by atoms with Gasteiger partial charge in [0.15, 0.2) is 0 Å². The Labute approximate surface area is 155 Å². The highest BCUT2D eigenvalue weighted by molar-refractivity contribution is 5.95. The summed E-state index contributed by atoms with van der Waals surface area (Å²) in [4.78, 5) is 26.1. The zero-order valence-electron chi connectivity index (χ0n) is 15.8. The summed E-state index contributed by atoms with van der Waals surface area (Å²) in [6.45, 7) is 6.65. The largest absolute Gasteiger partial charge is 0.495 e. The van der Waals surface area contributed by atoms with Crippen LogP contribution in [0.1, 0.15) is 33.1 Å². The highest BCUT2D eigenvalue weighted by Crippen LogP contribution is 2.28. The topological polar surface area (TPSA) is 79.9 Å². The number of rotatable bonds is 7. The van der Waals surface area contributed by atoms with Crippen LogP contribution in [0.2, 0.25) is 0 Å². The molecule has 26 heavy (non-hydrogen) atoms. The fraction of sp³-hybridized carbons (Fsp3) is 0.579. The summed E-state index contributed by atoms with van der Waals surface area (Å²) in [5.74, 6) is 0.922. The van der Waals surface area contributed by atoms with Gasteiger partial charge in [-0.15, -0.1) is 0 Å². The van der Waals surface area contributed by atoms with Gasteiger partial charge in [-0.3, -0.25) is 4.79 Å². The van der Waals surface area contributed by atoms with Gasteiger partial charge in [0.05, 0.1) is 12.8 Å². The number of urea groups is 1. The molecule has 0 atom stereocenters. The van der Waals surface area contributed by atoms with E-state index in [1.54, 1.807) is 32.2 Å². The van der Waals surface area contributed by atoms with E-state index in [1.165, 1.54) is 0 Å². The van der Waals surface area contributed by atoms with E-state index in [0.717, 1.165) is 32.6 Å². The van der Waals surface area contributed by atoms with Crippen LogP contribution in [0.3, 0.4) is 0 Å². The molecule has 0 spiro atoms. The first-order chi connectivity index (χ1) is 12.6. The molecule has 144 valence electrons. The van der Waals surface area contributed by atoms with E-state index in [4.69, 9.17) is 9.47 Å². The predicted molar refractivity (Wildman–Crippen MR) is 102 cm³/mol. The summed E-state index contributed by atoms with van der Waals surface area (Å²) < 4.78 is 10.7. The van der Waals surface area contributed by atoms with Crippen molar-refractivity contribution < 1.29 is 19.1 Å². The molecule has 1 aromatic carbocycles. The number of hydrogen-bond donors (Lipinski definition) is 2. The van der Waals surface area contributed by atoms with Crippen LogP contribution in [0.4, 0.5) is 16.2 Å². The van der Waals surface area contributed by atoms with Gasteiger partial charge in [0, 0.05) is 38.4 Å². The molecular weight excluding hydrogens is 334 g/mol. The third-order valence-corrected chi connectivity index (χ3v) is 4.53. The van der Waals surface area contributed by atoms with E-state index in [-0.39, 0.29) is 11.9 Å². The molecule has 2 N–H and O–H groups in total. The number of hydrogen-bond acceptors (Lipinski definition) is 4. The van der Waals surface area contributed by atoms with E-state index in [0.29, 0.717) is 36.0 Å². The normalized spacial score (nSPS) is 14.6. The number of anilines is 2. The average molecular weight is 363 g/mol. The third kappa shape index (κ3) is 5.62. The Hall–Kier alpha value is -2.28. The zero-order valence-corrected chi connectivity index (χ0v) is 15.8. The Balaban J connectivity index is 2.03. The number of carbonyl (C=O) groups is 2. The molecule has 2 rings (SSSR count). The number of amides is 3. The van der Waals surface area contributed by atoms with Gasteiger partial charge in [0.2, 0.25) is 5.91 Å². The van der Waals surface area contributed by atoms with Crippen LogP contribution >= 0.6 is 0 Å². The van der Waals surface area contributed by atoms with Gasteiger partial charge >= 0.3 is 6.03 Å². The van der Waals surface area contributed by atoms with Gasteiger partial charge < -0.3 is 25.0 Å². The fourth-order valence-electron chi connectivity index (χ4n) is 2.92. The molecule has 7 heteroatoms. The molecule has 0 radical (unpaired) electrons. The molecular formula is C19H29N3O4. The maximum atomic E-state index is 12.6. The molecule has 3 amide bonds. The van der Waals surface area contributed by atoms with Crippen LogP contribution < -0.4 is 15.4 Å². The summed E-state index contributed by atoms with van der Waals surface area (Å²) in [6, 6.07) is 5.07. The highest BCUT2D eigenvalue weighted by atomic mass is 16.5. The second-order valence-electron chi connectivity index (χ2n) is 6.34. The van der Waals surface area contributed by atoms with E-state index in [2.05, 4.69) is 10.6 Å². The smallest absolute Gasteiger partial charge is 0.321 e. The highest BCUT2D eigenvalue weighted by Gasteiger charge is 2.20. The van der Waals surface area contributed by atoms with E-state index < -0.39 is 0 Å². The maximum Gasteiger partial charge on any atom is 0.321 e. The quantitative estimate of drug-likeness (QED) is 0.779. The number of methoxy groups -OCH3 is 1. The molecule has 0 saturated carbocycles. The van der Waals surface area contributed by atoms with Crippen molar-refractivity contribution in [3.05, 3.63) is 18.2 Å². The average Bonchev–Trinajstić information content (AvgIpc) is 2.67. The Bertz CT molecular complexity index is 615. The lowest BCUT2D eigenvalue weighted by atomic mass is 10.00. The lowest BCUT2D eigenvalue weighted by Crippen LogP contribution is -2.39. The van der Waals surface area contributed by atoms with E-state index in [9.17, 15) is 9.59 Å². The van der Waals surface area contributed by atoms with Gasteiger partial charge in [-0.1, -0.05) is 6.92 Å². The standard InChI is InChI=1S/C19H29N3O4/c1-4-18(23)21-16-12-15(6-7-17(16)25-3)20-19(24)22(5-2)13-14-8-10-26-11-9-14/h6-7,12,14H,4-5,8-11,13H2,1-3H3,(H,20,24)(H,21,23). The van der Waals surface area contributed by atoms with Crippen molar-refractivity contribution in [2.24, 2.45) is 5.92 Å². The van der Waals surface area contributed by atoms with Gasteiger partial charge in [0.25, 0.3) is 0 Å². The molecule has 0 bridgehead atoms. The minimum absolute atomic E-state index is 0.110. The first kappa shape index (κ1) is 20.0. The summed E-state index contributed by atoms with van der Waals surface area (Å²) in [6.07, 6.45) is 2.34. The van der Waals surface area contributed by atoms with Gasteiger partial charge in [-0.05, 0) is 43.9 Å². The lowest BCUT2D eigenvalue weighted by molar-refractivity contribution is -0.115. The van der Waals surface area contributed by atoms with Crippen LogP contribution in [0, 0.1) is 5.92 Å². The van der Waals surface area contributed by atoms with Crippen molar-refractivity contribution in [3.63, 3.8) is 0 Å². The van der Waals surface area contributed by atoms with Crippen molar-refractivity contribution in [2.45, 2.75) is 33.1 Å². The molecule has 0 aromatic heterocycles. The second kappa shape index (κ2) is 10.0. The molecule has 0 aliphatic carbocycles. The third-order valence-electron chi connectivity index (χ3n) is 4.53.